The van der Waals surface area contributed by atoms with Crippen LogP contribution in [0.5, 0.6) is 11.6 Å². The van der Waals surface area contributed by atoms with Crippen molar-refractivity contribution in [3.05, 3.63) is 66.1 Å². The Hall–Kier alpha value is -2.46. The van der Waals surface area contributed by atoms with Gasteiger partial charge in [0.2, 0.25) is 5.88 Å². The summed E-state index contributed by atoms with van der Waals surface area (Å²) < 4.78 is 18.7. The molecular formula is C16H12FNO2. The molecule has 3 nitrogen and oxygen atoms in total. The fourth-order valence-corrected chi connectivity index (χ4v) is 2.02. The second kappa shape index (κ2) is 5.27. The SMILES string of the molecule is OCc1cc(F)cnc1Oc1ccc2ccccc2c1. The minimum absolute atomic E-state index is 0.212. The molecule has 0 bridgehead atoms. The van der Waals surface area contributed by atoms with Gasteiger partial charge in [-0.25, -0.2) is 9.37 Å². The Morgan fingerprint density at radius 2 is 1.85 bits per heavy atom. The minimum atomic E-state index is -0.500. The predicted molar refractivity (Wildman–Crippen MR) is 74.1 cm³/mol. The normalized spacial score (nSPS) is 10.7. The maximum atomic E-state index is 13.1. The number of aromatic nitrogens is 1. The van der Waals surface area contributed by atoms with Crippen LogP contribution in [0.15, 0.2) is 54.7 Å². The molecule has 20 heavy (non-hydrogen) atoms. The van der Waals surface area contributed by atoms with E-state index in [4.69, 9.17) is 4.74 Å². The Labute approximate surface area is 115 Å². The van der Waals surface area contributed by atoms with E-state index in [9.17, 15) is 9.50 Å². The first kappa shape index (κ1) is 12.6. The van der Waals surface area contributed by atoms with Crippen molar-refractivity contribution in [2.24, 2.45) is 0 Å². The van der Waals surface area contributed by atoms with Crippen molar-refractivity contribution >= 4 is 10.8 Å². The van der Waals surface area contributed by atoms with E-state index in [-0.39, 0.29) is 12.5 Å². The highest BCUT2D eigenvalue weighted by molar-refractivity contribution is 5.83. The summed E-state index contributed by atoms with van der Waals surface area (Å²) in [5.74, 6) is 0.307. The van der Waals surface area contributed by atoms with Gasteiger partial charge in [0.25, 0.3) is 0 Å². The van der Waals surface area contributed by atoms with Gasteiger partial charge in [-0.15, -0.1) is 0 Å². The van der Waals surface area contributed by atoms with E-state index in [2.05, 4.69) is 4.98 Å². The quantitative estimate of drug-likeness (QED) is 0.789. The molecule has 0 radical (unpaired) electrons. The van der Waals surface area contributed by atoms with Crippen molar-refractivity contribution in [3.8, 4) is 11.6 Å². The highest BCUT2D eigenvalue weighted by atomic mass is 19.1. The van der Waals surface area contributed by atoms with Crippen molar-refractivity contribution in [3.63, 3.8) is 0 Å². The van der Waals surface area contributed by atoms with Gasteiger partial charge in [-0.05, 0) is 29.0 Å². The van der Waals surface area contributed by atoms with Crippen LogP contribution in [-0.2, 0) is 6.61 Å². The van der Waals surface area contributed by atoms with E-state index in [0.717, 1.165) is 17.0 Å². The van der Waals surface area contributed by atoms with E-state index in [1.807, 2.05) is 42.5 Å². The largest absolute Gasteiger partial charge is 0.439 e. The zero-order chi connectivity index (χ0) is 13.9. The average molecular weight is 269 g/mol. The summed E-state index contributed by atoms with van der Waals surface area (Å²) in [4.78, 5) is 3.87. The average Bonchev–Trinajstić information content (AvgIpc) is 2.49. The number of benzene rings is 2. The van der Waals surface area contributed by atoms with Crippen molar-refractivity contribution in [1.29, 1.82) is 0 Å². The predicted octanol–water partition coefficient (Wildman–Crippen LogP) is 3.66. The van der Waals surface area contributed by atoms with Gasteiger partial charge in [0.15, 0.2) is 0 Å². The Morgan fingerprint density at radius 3 is 2.65 bits per heavy atom. The summed E-state index contributed by atoms with van der Waals surface area (Å²) >= 11 is 0. The second-order valence-electron chi connectivity index (χ2n) is 4.39. The van der Waals surface area contributed by atoms with Crippen molar-refractivity contribution in [2.75, 3.05) is 0 Å². The molecule has 0 aliphatic carbocycles. The molecule has 0 aliphatic heterocycles. The van der Waals surface area contributed by atoms with Gasteiger partial charge in [0, 0.05) is 5.56 Å². The van der Waals surface area contributed by atoms with Crippen molar-refractivity contribution in [1.82, 2.24) is 4.98 Å². The molecule has 3 aromatic rings. The Morgan fingerprint density at radius 1 is 1.05 bits per heavy atom. The van der Waals surface area contributed by atoms with Gasteiger partial charge in [-0.3, -0.25) is 0 Å². The molecule has 2 aromatic carbocycles. The Balaban J connectivity index is 1.96. The summed E-state index contributed by atoms with van der Waals surface area (Å²) in [7, 11) is 0. The topological polar surface area (TPSA) is 42.4 Å². The van der Waals surface area contributed by atoms with Crippen LogP contribution in [0.25, 0.3) is 10.8 Å². The van der Waals surface area contributed by atoms with Gasteiger partial charge < -0.3 is 9.84 Å². The summed E-state index contributed by atoms with van der Waals surface area (Å²) in [5.41, 5.74) is 0.318. The summed E-state index contributed by atoms with van der Waals surface area (Å²) in [5, 5.41) is 11.4. The first-order valence-corrected chi connectivity index (χ1v) is 6.18. The van der Waals surface area contributed by atoms with Crippen LogP contribution >= 0.6 is 0 Å². The zero-order valence-corrected chi connectivity index (χ0v) is 10.6. The number of ether oxygens (including phenoxy) is 1. The number of fused-ring (bicyclic) bond motifs is 1. The molecule has 0 atom stereocenters. The number of aliphatic hydroxyl groups is 1. The van der Waals surface area contributed by atoms with Crippen LogP contribution in [-0.4, -0.2) is 10.1 Å². The summed E-state index contributed by atoms with van der Waals surface area (Å²) in [6.45, 7) is -0.326. The third-order valence-corrected chi connectivity index (χ3v) is 3.00. The van der Waals surface area contributed by atoms with Crippen molar-refractivity contribution in [2.45, 2.75) is 6.61 Å². The fourth-order valence-electron chi connectivity index (χ4n) is 2.02. The summed E-state index contributed by atoms with van der Waals surface area (Å²) in [6.07, 6.45) is 1.07. The van der Waals surface area contributed by atoms with Gasteiger partial charge in [-0.2, -0.15) is 0 Å². The molecule has 3 rings (SSSR count). The van der Waals surface area contributed by atoms with E-state index in [0.29, 0.717) is 11.3 Å². The number of halogens is 1. The van der Waals surface area contributed by atoms with E-state index >= 15 is 0 Å². The zero-order valence-electron chi connectivity index (χ0n) is 10.6. The number of pyridine rings is 1. The van der Waals surface area contributed by atoms with E-state index in [1.54, 1.807) is 0 Å². The maximum Gasteiger partial charge on any atom is 0.224 e. The van der Waals surface area contributed by atoms with Crippen LogP contribution < -0.4 is 4.74 Å². The van der Waals surface area contributed by atoms with Crippen LogP contribution in [0.2, 0.25) is 0 Å². The highest BCUT2D eigenvalue weighted by Crippen LogP contribution is 2.26. The number of aliphatic hydroxyl groups excluding tert-OH is 1. The second-order valence-corrected chi connectivity index (χ2v) is 4.39. The van der Waals surface area contributed by atoms with Crippen LogP contribution in [0, 0.1) is 5.82 Å². The van der Waals surface area contributed by atoms with Gasteiger partial charge in [0.1, 0.15) is 11.6 Å². The van der Waals surface area contributed by atoms with Gasteiger partial charge >= 0.3 is 0 Å². The lowest BCUT2D eigenvalue weighted by Gasteiger charge is -2.09. The van der Waals surface area contributed by atoms with E-state index < -0.39 is 5.82 Å². The first-order valence-electron chi connectivity index (χ1n) is 6.18. The van der Waals surface area contributed by atoms with Crippen LogP contribution in [0.3, 0.4) is 0 Å². The molecule has 0 saturated heterocycles. The van der Waals surface area contributed by atoms with Gasteiger partial charge in [-0.1, -0.05) is 30.3 Å². The summed E-state index contributed by atoms with van der Waals surface area (Å²) in [6, 6.07) is 14.7. The van der Waals surface area contributed by atoms with Gasteiger partial charge in [0.05, 0.1) is 12.8 Å². The molecule has 0 aliphatic rings. The molecule has 1 heterocycles. The fraction of sp³-hybridized carbons (Fsp3) is 0.0625. The van der Waals surface area contributed by atoms with Crippen molar-refractivity contribution < 1.29 is 14.2 Å². The lowest BCUT2D eigenvalue weighted by molar-refractivity contribution is 0.274. The molecule has 1 aromatic heterocycles. The molecular weight excluding hydrogens is 257 g/mol. The number of hydrogen-bond donors (Lipinski definition) is 1. The standard InChI is InChI=1S/C16H12FNO2/c17-14-7-13(10-19)16(18-9-14)20-15-6-5-11-3-1-2-4-12(11)8-15/h1-9,19H,10H2. The molecule has 4 heteroatoms. The van der Waals surface area contributed by atoms with E-state index in [1.165, 1.54) is 6.07 Å². The number of rotatable bonds is 3. The first-order chi connectivity index (χ1) is 9.76. The van der Waals surface area contributed by atoms with Crippen LogP contribution in [0.1, 0.15) is 5.56 Å². The lowest BCUT2D eigenvalue weighted by atomic mass is 10.1. The lowest BCUT2D eigenvalue weighted by Crippen LogP contribution is -1.96. The Bertz CT molecular complexity index is 758. The Kier molecular flexibility index (Phi) is 3.31. The monoisotopic (exact) mass is 269 g/mol. The molecule has 1 N–H and O–H groups in total. The molecule has 0 saturated carbocycles. The van der Waals surface area contributed by atoms with Crippen LogP contribution in [0.4, 0.5) is 4.39 Å². The number of hydrogen-bond acceptors (Lipinski definition) is 3. The highest BCUT2D eigenvalue weighted by Gasteiger charge is 2.08. The molecule has 0 unspecified atom stereocenters. The molecule has 0 fully saturated rings. The number of nitrogens with zero attached hydrogens (tertiary/aromatic N) is 1. The smallest absolute Gasteiger partial charge is 0.224 e. The third kappa shape index (κ3) is 2.46. The molecule has 0 amide bonds. The minimum Gasteiger partial charge on any atom is -0.439 e. The maximum absolute atomic E-state index is 13.1. The molecule has 0 spiro atoms. The molecule has 100 valence electrons. The third-order valence-electron chi connectivity index (χ3n) is 3.00.